The van der Waals surface area contributed by atoms with Crippen molar-refractivity contribution in [2.75, 3.05) is 6.61 Å². The first-order valence-electron chi connectivity index (χ1n) is 7.11. The maximum absolute atomic E-state index is 12.3. The predicted octanol–water partition coefficient (Wildman–Crippen LogP) is 1.60. The molecule has 3 rings (SSSR count). The Bertz CT molecular complexity index is 663. The standard InChI is InChI=1S/C16H19N3O2/c1-11-14(9-19(2)18-11)8-17-16(20)13-7-12-5-3-4-6-15(12)21-10-13/h3-6,9,13H,7-8,10H2,1-2H3,(H,17,20). The molecule has 5 heteroatoms. The average Bonchev–Trinajstić information content (AvgIpc) is 2.82. The zero-order valence-electron chi connectivity index (χ0n) is 12.3. The minimum atomic E-state index is -0.128. The molecule has 1 N–H and O–H groups in total. The normalized spacial score (nSPS) is 17.0. The molecular weight excluding hydrogens is 266 g/mol. The number of fused-ring (bicyclic) bond motifs is 1. The lowest BCUT2D eigenvalue weighted by Crippen LogP contribution is -2.37. The number of nitrogens with zero attached hydrogens (tertiary/aromatic N) is 2. The lowest BCUT2D eigenvalue weighted by molar-refractivity contribution is -0.126. The molecule has 0 spiro atoms. The van der Waals surface area contributed by atoms with Crippen LogP contribution in [0.5, 0.6) is 5.75 Å². The van der Waals surface area contributed by atoms with Crippen LogP contribution in [0.2, 0.25) is 0 Å². The highest BCUT2D eigenvalue weighted by Gasteiger charge is 2.25. The Morgan fingerprint density at radius 3 is 3.05 bits per heavy atom. The molecule has 1 unspecified atom stereocenters. The van der Waals surface area contributed by atoms with Crippen LogP contribution >= 0.6 is 0 Å². The van der Waals surface area contributed by atoms with Crippen molar-refractivity contribution in [2.24, 2.45) is 13.0 Å². The number of rotatable bonds is 3. The molecule has 1 aliphatic heterocycles. The highest BCUT2D eigenvalue weighted by Crippen LogP contribution is 2.26. The number of aromatic nitrogens is 2. The Labute approximate surface area is 123 Å². The third-order valence-corrected chi connectivity index (χ3v) is 3.82. The van der Waals surface area contributed by atoms with Crippen LogP contribution in [0.15, 0.2) is 30.5 Å². The smallest absolute Gasteiger partial charge is 0.227 e. The van der Waals surface area contributed by atoms with Crippen molar-refractivity contribution >= 4 is 5.91 Å². The number of carbonyl (C=O) groups excluding carboxylic acids is 1. The number of nitrogens with one attached hydrogen (secondary N) is 1. The summed E-state index contributed by atoms with van der Waals surface area (Å²) in [6, 6.07) is 7.88. The van der Waals surface area contributed by atoms with Crippen molar-refractivity contribution in [3.05, 3.63) is 47.3 Å². The molecule has 1 atom stereocenters. The summed E-state index contributed by atoms with van der Waals surface area (Å²) in [5.41, 5.74) is 3.09. The Kier molecular flexibility index (Phi) is 3.64. The van der Waals surface area contributed by atoms with Gasteiger partial charge in [0.2, 0.25) is 5.91 Å². The van der Waals surface area contributed by atoms with Gasteiger partial charge in [-0.2, -0.15) is 5.10 Å². The molecule has 5 nitrogen and oxygen atoms in total. The molecule has 110 valence electrons. The fourth-order valence-electron chi connectivity index (χ4n) is 2.65. The van der Waals surface area contributed by atoms with Gasteiger partial charge in [-0.3, -0.25) is 9.48 Å². The largest absolute Gasteiger partial charge is 0.492 e. The van der Waals surface area contributed by atoms with Crippen LogP contribution in [0.25, 0.3) is 0 Å². The summed E-state index contributed by atoms with van der Waals surface area (Å²) in [5.74, 6) is 0.800. The van der Waals surface area contributed by atoms with E-state index in [1.54, 1.807) is 4.68 Å². The number of benzene rings is 1. The topological polar surface area (TPSA) is 56.2 Å². The molecule has 21 heavy (non-hydrogen) atoms. The molecule has 0 aliphatic carbocycles. The van der Waals surface area contributed by atoms with Gasteiger partial charge in [-0.1, -0.05) is 18.2 Å². The van der Waals surface area contributed by atoms with Gasteiger partial charge in [0.25, 0.3) is 0 Å². The summed E-state index contributed by atoms with van der Waals surface area (Å²) in [5, 5.41) is 7.25. The second-order valence-corrected chi connectivity index (χ2v) is 5.45. The van der Waals surface area contributed by atoms with E-state index in [0.29, 0.717) is 13.2 Å². The summed E-state index contributed by atoms with van der Waals surface area (Å²) in [6.07, 6.45) is 2.66. The van der Waals surface area contributed by atoms with Crippen molar-refractivity contribution in [3.63, 3.8) is 0 Å². The second kappa shape index (κ2) is 5.60. The van der Waals surface area contributed by atoms with Gasteiger partial charge in [0.1, 0.15) is 12.4 Å². The van der Waals surface area contributed by atoms with E-state index in [1.165, 1.54) is 0 Å². The zero-order valence-corrected chi connectivity index (χ0v) is 12.3. The first-order valence-corrected chi connectivity index (χ1v) is 7.11. The van der Waals surface area contributed by atoms with Crippen molar-refractivity contribution < 1.29 is 9.53 Å². The maximum Gasteiger partial charge on any atom is 0.227 e. The number of carbonyl (C=O) groups is 1. The quantitative estimate of drug-likeness (QED) is 0.932. The van der Waals surface area contributed by atoms with Crippen LogP contribution in [0, 0.1) is 12.8 Å². The Balaban J connectivity index is 1.61. The number of para-hydroxylation sites is 1. The van der Waals surface area contributed by atoms with Gasteiger partial charge in [0, 0.05) is 25.4 Å². The van der Waals surface area contributed by atoms with Crippen LogP contribution in [0.1, 0.15) is 16.8 Å². The van der Waals surface area contributed by atoms with E-state index in [-0.39, 0.29) is 11.8 Å². The van der Waals surface area contributed by atoms with Crippen LogP contribution in [0.3, 0.4) is 0 Å². The van der Waals surface area contributed by atoms with Gasteiger partial charge in [0.05, 0.1) is 11.6 Å². The van der Waals surface area contributed by atoms with Crippen LogP contribution in [-0.2, 0) is 24.8 Å². The highest BCUT2D eigenvalue weighted by atomic mass is 16.5. The number of aryl methyl sites for hydroxylation is 2. The summed E-state index contributed by atoms with van der Waals surface area (Å²) in [6.45, 7) is 2.90. The van der Waals surface area contributed by atoms with Crippen molar-refractivity contribution in [3.8, 4) is 5.75 Å². The molecule has 1 aromatic heterocycles. The minimum absolute atomic E-state index is 0.0350. The summed E-state index contributed by atoms with van der Waals surface area (Å²) in [4.78, 5) is 12.3. The van der Waals surface area contributed by atoms with E-state index in [4.69, 9.17) is 4.74 Å². The van der Waals surface area contributed by atoms with E-state index >= 15 is 0 Å². The average molecular weight is 285 g/mol. The lowest BCUT2D eigenvalue weighted by atomic mass is 9.96. The van der Waals surface area contributed by atoms with Crippen LogP contribution in [0.4, 0.5) is 0 Å². The first-order chi connectivity index (χ1) is 10.1. The van der Waals surface area contributed by atoms with Crippen molar-refractivity contribution in [2.45, 2.75) is 19.9 Å². The number of hydrogen-bond donors (Lipinski definition) is 1. The predicted molar refractivity (Wildman–Crippen MR) is 78.9 cm³/mol. The second-order valence-electron chi connectivity index (χ2n) is 5.45. The molecule has 1 aromatic carbocycles. The Hall–Kier alpha value is -2.30. The van der Waals surface area contributed by atoms with E-state index < -0.39 is 0 Å². The van der Waals surface area contributed by atoms with Gasteiger partial charge in [0.15, 0.2) is 0 Å². The SMILES string of the molecule is Cc1nn(C)cc1CNC(=O)C1COc2ccccc2C1. The molecule has 0 saturated heterocycles. The molecule has 2 aromatic rings. The lowest BCUT2D eigenvalue weighted by Gasteiger charge is -2.24. The molecule has 0 bridgehead atoms. The third kappa shape index (κ3) is 2.91. The number of amides is 1. The van der Waals surface area contributed by atoms with Gasteiger partial charge in [-0.25, -0.2) is 0 Å². The van der Waals surface area contributed by atoms with Gasteiger partial charge >= 0.3 is 0 Å². The molecule has 0 radical (unpaired) electrons. The fraction of sp³-hybridized carbons (Fsp3) is 0.375. The molecule has 0 fully saturated rings. The highest BCUT2D eigenvalue weighted by molar-refractivity contribution is 5.79. The van der Waals surface area contributed by atoms with Crippen molar-refractivity contribution in [1.29, 1.82) is 0 Å². The number of ether oxygens (including phenoxy) is 1. The van der Waals surface area contributed by atoms with Gasteiger partial charge in [-0.05, 0) is 25.0 Å². The van der Waals surface area contributed by atoms with Crippen LogP contribution in [-0.4, -0.2) is 22.3 Å². The summed E-state index contributed by atoms with van der Waals surface area (Å²) < 4.78 is 7.42. The van der Waals surface area contributed by atoms with Gasteiger partial charge in [-0.15, -0.1) is 0 Å². The van der Waals surface area contributed by atoms with Crippen LogP contribution < -0.4 is 10.1 Å². The zero-order chi connectivity index (χ0) is 14.8. The summed E-state index contributed by atoms with van der Waals surface area (Å²) >= 11 is 0. The van der Waals surface area contributed by atoms with E-state index in [2.05, 4.69) is 10.4 Å². The monoisotopic (exact) mass is 285 g/mol. The Morgan fingerprint density at radius 1 is 1.48 bits per heavy atom. The van der Waals surface area contributed by atoms with E-state index in [0.717, 1.165) is 29.0 Å². The number of hydrogen-bond acceptors (Lipinski definition) is 3. The van der Waals surface area contributed by atoms with E-state index in [9.17, 15) is 4.79 Å². The molecule has 2 heterocycles. The minimum Gasteiger partial charge on any atom is -0.492 e. The van der Waals surface area contributed by atoms with Crippen molar-refractivity contribution in [1.82, 2.24) is 15.1 Å². The Morgan fingerprint density at radius 2 is 2.29 bits per heavy atom. The van der Waals surface area contributed by atoms with Gasteiger partial charge < -0.3 is 10.1 Å². The molecule has 1 aliphatic rings. The maximum atomic E-state index is 12.3. The fourth-order valence-corrected chi connectivity index (χ4v) is 2.65. The molecule has 0 saturated carbocycles. The van der Waals surface area contributed by atoms with E-state index in [1.807, 2.05) is 44.4 Å². The first kappa shape index (κ1) is 13.7. The summed E-state index contributed by atoms with van der Waals surface area (Å²) in [7, 11) is 1.88. The molecule has 1 amide bonds. The molecular formula is C16H19N3O2. The third-order valence-electron chi connectivity index (χ3n) is 3.82.